The molecule has 0 unspecified atom stereocenters. The number of nitrogens with one attached hydrogen (secondary N) is 2. The summed E-state index contributed by atoms with van der Waals surface area (Å²) in [5.41, 5.74) is 1.17. The Labute approximate surface area is 173 Å². The molecule has 0 aliphatic carbocycles. The van der Waals surface area contributed by atoms with Gasteiger partial charge < -0.3 is 14.8 Å². The van der Waals surface area contributed by atoms with Crippen LogP contribution in [0.5, 0.6) is 11.5 Å². The van der Waals surface area contributed by atoms with E-state index in [1.807, 2.05) is 37.3 Å². The third-order valence-corrected chi connectivity index (χ3v) is 4.11. The minimum absolute atomic E-state index is 0.207. The van der Waals surface area contributed by atoms with Crippen LogP contribution in [0, 0.1) is 5.92 Å². The number of thiocarbonyl (C=S) groups is 1. The summed E-state index contributed by atoms with van der Waals surface area (Å²) in [5, 5.41) is 5.87. The second-order valence-electron chi connectivity index (χ2n) is 6.21. The number of anilines is 1. The predicted octanol–water partition coefficient (Wildman–Crippen LogP) is 5.01. The molecule has 0 aliphatic heterocycles. The maximum Gasteiger partial charge on any atom is 0.261 e. The maximum absolute atomic E-state index is 12.5. The van der Waals surface area contributed by atoms with Gasteiger partial charge in [0, 0.05) is 10.2 Å². The van der Waals surface area contributed by atoms with Gasteiger partial charge in [0.25, 0.3) is 5.91 Å². The first-order valence-corrected chi connectivity index (χ1v) is 9.86. The van der Waals surface area contributed by atoms with Crippen LogP contribution in [0.2, 0.25) is 0 Å². The van der Waals surface area contributed by atoms with Gasteiger partial charge >= 0.3 is 0 Å². The number of rotatable bonds is 7. The molecule has 0 bridgehead atoms. The molecule has 2 N–H and O–H groups in total. The van der Waals surface area contributed by atoms with Crippen molar-refractivity contribution >= 4 is 44.9 Å². The van der Waals surface area contributed by atoms with Crippen LogP contribution in [-0.4, -0.2) is 24.2 Å². The number of halogens is 1. The maximum atomic E-state index is 12.5. The van der Waals surface area contributed by atoms with Crippen molar-refractivity contribution < 1.29 is 14.3 Å². The number of hydrogen-bond acceptors (Lipinski definition) is 4. The molecule has 144 valence electrons. The highest BCUT2D eigenvalue weighted by atomic mass is 79.9. The lowest BCUT2D eigenvalue weighted by atomic mass is 10.2. The Morgan fingerprint density at radius 1 is 1.15 bits per heavy atom. The molecule has 0 saturated heterocycles. The van der Waals surface area contributed by atoms with Gasteiger partial charge in [-0.25, -0.2) is 0 Å². The van der Waals surface area contributed by atoms with Crippen molar-refractivity contribution in [1.82, 2.24) is 5.32 Å². The van der Waals surface area contributed by atoms with E-state index in [0.717, 1.165) is 15.9 Å². The molecule has 5 nitrogen and oxygen atoms in total. The van der Waals surface area contributed by atoms with Crippen LogP contribution in [0.1, 0.15) is 31.1 Å². The van der Waals surface area contributed by atoms with E-state index in [1.165, 1.54) is 0 Å². The predicted molar refractivity (Wildman–Crippen MR) is 116 cm³/mol. The van der Waals surface area contributed by atoms with Crippen LogP contribution in [-0.2, 0) is 0 Å². The fourth-order valence-electron chi connectivity index (χ4n) is 2.19. The van der Waals surface area contributed by atoms with Crippen molar-refractivity contribution in [1.29, 1.82) is 0 Å². The smallest absolute Gasteiger partial charge is 0.261 e. The number of hydrogen-bond donors (Lipinski definition) is 2. The van der Waals surface area contributed by atoms with Crippen LogP contribution in [0.25, 0.3) is 0 Å². The SMILES string of the molecule is CCOc1ccc(Br)cc1C(=O)NC(=S)Nc1ccc(OCC(C)C)cc1. The lowest BCUT2D eigenvalue weighted by Crippen LogP contribution is -2.34. The topological polar surface area (TPSA) is 59.6 Å². The summed E-state index contributed by atoms with van der Waals surface area (Å²) >= 11 is 8.61. The Morgan fingerprint density at radius 3 is 2.48 bits per heavy atom. The first kappa shape index (κ1) is 21.2. The molecule has 0 radical (unpaired) electrons. The number of amides is 1. The van der Waals surface area contributed by atoms with Gasteiger partial charge in [-0.1, -0.05) is 29.8 Å². The van der Waals surface area contributed by atoms with Gasteiger partial charge in [0.05, 0.1) is 18.8 Å². The number of carbonyl (C=O) groups excluding carboxylic acids is 1. The molecule has 2 rings (SSSR count). The van der Waals surface area contributed by atoms with Crippen molar-refractivity contribution in [2.45, 2.75) is 20.8 Å². The fraction of sp³-hybridized carbons (Fsp3) is 0.300. The van der Waals surface area contributed by atoms with Gasteiger partial charge in [-0.2, -0.15) is 0 Å². The number of carbonyl (C=O) groups is 1. The molecule has 2 aromatic carbocycles. The molecule has 2 aromatic rings. The molecule has 7 heteroatoms. The van der Waals surface area contributed by atoms with Gasteiger partial charge in [0.15, 0.2) is 5.11 Å². The first-order valence-electron chi connectivity index (χ1n) is 8.66. The van der Waals surface area contributed by atoms with E-state index in [9.17, 15) is 4.79 Å². The quantitative estimate of drug-likeness (QED) is 0.580. The van der Waals surface area contributed by atoms with E-state index in [4.69, 9.17) is 21.7 Å². The Balaban J connectivity index is 1.97. The summed E-state index contributed by atoms with van der Waals surface area (Å²) in [6.45, 7) is 7.19. The lowest BCUT2D eigenvalue weighted by molar-refractivity contribution is 0.0974. The summed E-state index contributed by atoms with van der Waals surface area (Å²) < 4.78 is 11.9. The minimum Gasteiger partial charge on any atom is -0.493 e. The molecule has 0 atom stereocenters. The third kappa shape index (κ3) is 6.84. The second kappa shape index (κ2) is 10.3. The Kier molecular flexibility index (Phi) is 8.06. The van der Waals surface area contributed by atoms with Crippen molar-refractivity contribution in [3.63, 3.8) is 0 Å². The zero-order valence-corrected chi connectivity index (χ0v) is 17.9. The molecule has 0 spiro atoms. The molecular weight excluding hydrogens is 428 g/mol. The summed E-state index contributed by atoms with van der Waals surface area (Å²) in [4.78, 5) is 12.5. The van der Waals surface area contributed by atoms with Crippen LogP contribution >= 0.6 is 28.1 Å². The average molecular weight is 451 g/mol. The standard InChI is InChI=1S/C20H23BrN2O3S/c1-4-25-18-10-5-14(21)11-17(18)19(24)23-20(27)22-15-6-8-16(9-7-15)26-12-13(2)3/h5-11,13H,4,12H2,1-3H3,(H2,22,23,24,27). The molecule has 27 heavy (non-hydrogen) atoms. The minimum atomic E-state index is -0.339. The molecule has 0 saturated carbocycles. The normalized spacial score (nSPS) is 10.4. The average Bonchev–Trinajstić information content (AvgIpc) is 2.62. The van der Waals surface area contributed by atoms with E-state index in [0.29, 0.717) is 30.4 Å². The van der Waals surface area contributed by atoms with Gasteiger partial charge in [0.1, 0.15) is 11.5 Å². The van der Waals surface area contributed by atoms with E-state index in [-0.39, 0.29) is 11.0 Å². The van der Waals surface area contributed by atoms with Gasteiger partial charge in [-0.05, 0) is 67.5 Å². The molecule has 0 heterocycles. The summed E-state index contributed by atoms with van der Waals surface area (Å²) in [5.74, 6) is 1.42. The van der Waals surface area contributed by atoms with Crippen LogP contribution in [0.3, 0.4) is 0 Å². The zero-order chi connectivity index (χ0) is 19.8. The molecule has 0 fully saturated rings. The lowest BCUT2D eigenvalue weighted by Gasteiger charge is -2.13. The first-order chi connectivity index (χ1) is 12.9. The van der Waals surface area contributed by atoms with E-state index in [2.05, 4.69) is 40.4 Å². The van der Waals surface area contributed by atoms with E-state index in [1.54, 1.807) is 12.1 Å². The van der Waals surface area contributed by atoms with E-state index < -0.39 is 0 Å². The van der Waals surface area contributed by atoms with Gasteiger partial charge in [0.2, 0.25) is 0 Å². The number of benzene rings is 2. The van der Waals surface area contributed by atoms with Crippen LogP contribution in [0.4, 0.5) is 5.69 Å². The molecule has 0 aliphatic rings. The zero-order valence-electron chi connectivity index (χ0n) is 15.5. The second-order valence-corrected chi connectivity index (χ2v) is 7.53. The van der Waals surface area contributed by atoms with E-state index >= 15 is 0 Å². The Hall–Kier alpha value is -2.12. The highest BCUT2D eigenvalue weighted by molar-refractivity contribution is 9.10. The van der Waals surface area contributed by atoms with Crippen molar-refractivity contribution in [2.75, 3.05) is 18.5 Å². The van der Waals surface area contributed by atoms with Crippen LogP contribution < -0.4 is 20.1 Å². The Morgan fingerprint density at radius 2 is 1.85 bits per heavy atom. The third-order valence-electron chi connectivity index (χ3n) is 3.41. The monoisotopic (exact) mass is 450 g/mol. The fourth-order valence-corrected chi connectivity index (χ4v) is 2.76. The summed E-state index contributed by atoms with van der Waals surface area (Å²) in [6.07, 6.45) is 0. The largest absolute Gasteiger partial charge is 0.493 e. The van der Waals surface area contributed by atoms with Gasteiger partial charge in [-0.3, -0.25) is 10.1 Å². The van der Waals surface area contributed by atoms with Crippen molar-refractivity contribution in [3.05, 3.63) is 52.5 Å². The highest BCUT2D eigenvalue weighted by Gasteiger charge is 2.14. The highest BCUT2D eigenvalue weighted by Crippen LogP contribution is 2.23. The molecule has 0 aromatic heterocycles. The van der Waals surface area contributed by atoms with Crippen molar-refractivity contribution in [3.8, 4) is 11.5 Å². The summed E-state index contributed by atoms with van der Waals surface area (Å²) in [7, 11) is 0. The number of ether oxygens (including phenoxy) is 2. The Bertz CT molecular complexity index is 794. The molecule has 1 amide bonds. The molecular formula is C20H23BrN2O3S. The summed E-state index contributed by atoms with van der Waals surface area (Å²) in [6, 6.07) is 12.7. The van der Waals surface area contributed by atoms with Crippen molar-refractivity contribution in [2.24, 2.45) is 5.92 Å². The van der Waals surface area contributed by atoms with Gasteiger partial charge in [-0.15, -0.1) is 0 Å². The van der Waals surface area contributed by atoms with Crippen LogP contribution in [0.15, 0.2) is 46.9 Å².